The van der Waals surface area contributed by atoms with Gasteiger partial charge >= 0.3 is 12.2 Å². The molecule has 2 aliphatic heterocycles. The number of carbonyl (C=O) groups excluding carboxylic acids is 2. The Morgan fingerprint density at radius 2 is 1.62 bits per heavy atom. The fraction of sp³-hybridized carbons (Fsp3) is 0.619. The second kappa shape index (κ2) is 8.57. The van der Waals surface area contributed by atoms with Crippen LogP contribution in [0.1, 0.15) is 26.3 Å². The zero-order valence-electron chi connectivity index (χ0n) is 17.4. The number of carbonyl (C=O) groups is 2. The summed E-state index contributed by atoms with van der Waals surface area (Å²) in [6.45, 7) is 8.11. The minimum atomic E-state index is -1.42. The van der Waals surface area contributed by atoms with Crippen LogP contribution in [0.4, 0.5) is 14.0 Å². The van der Waals surface area contributed by atoms with Gasteiger partial charge in [0.25, 0.3) is 0 Å². The lowest BCUT2D eigenvalue weighted by atomic mass is 9.96. The van der Waals surface area contributed by atoms with E-state index in [1.807, 2.05) is 35.2 Å². The topological polar surface area (TPSA) is 62.3 Å². The van der Waals surface area contributed by atoms with E-state index in [1.165, 1.54) is 4.90 Å². The standard InChI is InChI=1S/C21H30FN3O4/c1-20(2,3)29-19(27)25-15-21(22,16-25)14-23-9-11-24(12-10-23)18(26)28-13-17-7-5-4-6-8-17/h4-8H,9-16H2,1-3H3. The van der Waals surface area contributed by atoms with E-state index in [1.54, 1.807) is 25.7 Å². The third-order valence-corrected chi connectivity index (χ3v) is 4.94. The van der Waals surface area contributed by atoms with Crippen molar-refractivity contribution in [1.29, 1.82) is 0 Å². The van der Waals surface area contributed by atoms with E-state index in [2.05, 4.69) is 0 Å². The molecule has 2 aliphatic rings. The summed E-state index contributed by atoms with van der Waals surface area (Å²) in [4.78, 5) is 29.2. The lowest BCUT2D eigenvalue weighted by Gasteiger charge is -2.47. The van der Waals surface area contributed by atoms with Gasteiger partial charge in [-0.3, -0.25) is 4.90 Å². The maximum Gasteiger partial charge on any atom is 0.410 e. The van der Waals surface area contributed by atoms with Crippen molar-refractivity contribution in [2.24, 2.45) is 0 Å². The van der Waals surface area contributed by atoms with Gasteiger partial charge in [-0.15, -0.1) is 0 Å². The molecule has 0 unspecified atom stereocenters. The van der Waals surface area contributed by atoms with Crippen LogP contribution in [-0.2, 0) is 16.1 Å². The average molecular weight is 407 g/mol. The summed E-state index contributed by atoms with van der Waals surface area (Å²) in [6, 6.07) is 9.53. The Morgan fingerprint density at radius 3 is 2.21 bits per heavy atom. The van der Waals surface area contributed by atoms with Gasteiger partial charge in [-0.1, -0.05) is 30.3 Å². The molecule has 8 heteroatoms. The van der Waals surface area contributed by atoms with Crippen LogP contribution in [0.2, 0.25) is 0 Å². The monoisotopic (exact) mass is 407 g/mol. The lowest BCUT2D eigenvalue weighted by molar-refractivity contribution is -0.0677. The SMILES string of the molecule is CC(C)(C)OC(=O)N1CC(F)(CN2CCN(C(=O)OCc3ccccc3)CC2)C1. The van der Waals surface area contributed by atoms with Gasteiger partial charge in [-0.25, -0.2) is 14.0 Å². The number of hydrogen-bond acceptors (Lipinski definition) is 5. The molecule has 0 bridgehead atoms. The number of benzene rings is 1. The fourth-order valence-corrected chi connectivity index (χ4v) is 3.49. The highest BCUT2D eigenvalue weighted by Crippen LogP contribution is 2.28. The lowest BCUT2D eigenvalue weighted by Crippen LogP contribution is -2.66. The number of alkyl halides is 1. The molecule has 7 nitrogen and oxygen atoms in total. The molecular formula is C21H30FN3O4. The Bertz CT molecular complexity index is 708. The fourth-order valence-electron chi connectivity index (χ4n) is 3.49. The van der Waals surface area contributed by atoms with Crippen LogP contribution in [0.3, 0.4) is 0 Å². The van der Waals surface area contributed by atoms with Crippen molar-refractivity contribution < 1.29 is 23.5 Å². The number of halogens is 1. The highest BCUT2D eigenvalue weighted by Gasteiger charge is 2.48. The van der Waals surface area contributed by atoms with E-state index in [9.17, 15) is 14.0 Å². The number of hydrogen-bond donors (Lipinski definition) is 0. The van der Waals surface area contributed by atoms with Crippen LogP contribution in [0.25, 0.3) is 0 Å². The van der Waals surface area contributed by atoms with Crippen molar-refractivity contribution in [2.75, 3.05) is 45.8 Å². The largest absolute Gasteiger partial charge is 0.445 e. The minimum absolute atomic E-state index is 0.0429. The molecule has 0 aliphatic carbocycles. The Hall–Kier alpha value is -2.35. The number of piperazine rings is 1. The Kier molecular flexibility index (Phi) is 6.31. The predicted octanol–water partition coefficient (Wildman–Crippen LogP) is 2.90. The number of nitrogens with zero attached hydrogens (tertiary/aromatic N) is 3. The van der Waals surface area contributed by atoms with Gasteiger partial charge in [0, 0.05) is 32.7 Å². The Balaban J connectivity index is 1.37. The van der Waals surface area contributed by atoms with E-state index >= 15 is 0 Å². The maximum absolute atomic E-state index is 14.9. The second-order valence-electron chi connectivity index (χ2n) is 8.79. The average Bonchev–Trinajstić information content (AvgIpc) is 2.64. The molecule has 0 N–H and O–H groups in total. The Morgan fingerprint density at radius 1 is 1.00 bits per heavy atom. The molecule has 2 saturated heterocycles. The first-order chi connectivity index (χ1) is 13.6. The van der Waals surface area contributed by atoms with Crippen LogP contribution in [-0.4, -0.2) is 84.0 Å². The normalized spacial score (nSPS) is 19.4. The van der Waals surface area contributed by atoms with Crippen LogP contribution < -0.4 is 0 Å². The van der Waals surface area contributed by atoms with Crippen molar-refractivity contribution in [3.05, 3.63) is 35.9 Å². The van der Waals surface area contributed by atoms with E-state index in [0.29, 0.717) is 26.2 Å². The molecule has 3 rings (SSSR count). The third kappa shape index (κ3) is 6.06. The Labute approximate surface area is 171 Å². The van der Waals surface area contributed by atoms with Gasteiger partial charge < -0.3 is 19.3 Å². The zero-order valence-corrected chi connectivity index (χ0v) is 17.4. The van der Waals surface area contributed by atoms with Crippen molar-refractivity contribution in [1.82, 2.24) is 14.7 Å². The van der Waals surface area contributed by atoms with Gasteiger partial charge in [-0.2, -0.15) is 0 Å². The first-order valence-electron chi connectivity index (χ1n) is 9.98. The van der Waals surface area contributed by atoms with Crippen molar-refractivity contribution >= 4 is 12.2 Å². The molecule has 2 heterocycles. The van der Waals surface area contributed by atoms with Crippen molar-refractivity contribution in [3.63, 3.8) is 0 Å². The summed E-state index contributed by atoms with van der Waals surface area (Å²) in [7, 11) is 0. The van der Waals surface area contributed by atoms with Crippen LogP contribution >= 0.6 is 0 Å². The van der Waals surface area contributed by atoms with Gasteiger partial charge in [-0.05, 0) is 26.3 Å². The highest BCUT2D eigenvalue weighted by atomic mass is 19.1. The molecule has 2 amide bonds. The molecule has 29 heavy (non-hydrogen) atoms. The van der Waals surface area contributed by atoms with Crippen LogP contribution in [0.5, 0.6) is 0 Å². The first kappa shape index (κ1) is 21.4. The molecule has 0 spiro atoms. The van der Waals surface area contributed by atoms with E-state index < -0.39 is 17.4 Å². The van der Waals surface area contributed by atoms with Crippen LogP contribution in [0, 0.1) is 0 Å². The molecule has 1 aromatic carbocycles. The summed E-state index contributed by atoms with van der Waals surface area (Å²) in [5.74, 6) is 0. The van der Waals surface area contributed by atoms with E-state index in [0.717, 1.165) is 5.56 Å². The summed E-state index contributed by atoms with van der Waals surface area (Å²) in [6.07, 6.45) is -0.819. The number of ether oxygens (including phenoxy) is 2. The van der Waals surface area contributed by atoms with Gasteiger partial charge in [0.2, 0.25) is 0 Å². The molecule has 0 atom stereocenters. The zero-order chi connectivity index (χ0) is 21.1. The van der Waals surface area contributed by atoms with E-state index in [4.69, 9.17) is 9.47 Å². The van der Waals surface area contributed by atoms with Gasteiger partial charge in [0.15, 0.2) is 5.67 Å². The smallest absolute Gasteiger partial charge is 0.410 e. The summed E-state index contributed by atoms with van der Waals surface area (Å²) in [5, 5.41) is 0. The quantitative estimate of drug-likeness (QED) is 0.768. The van der Waals surface area contributed by atoms with Gasteiger partial charge in [0.1, 0.15) is 12.2 Å². The van der Waals surface area contributed by atoms with Crippen LogP contribution in [0.15, 0.2) is 30.3 Å². The molecule has 0 aromatic heterocycles. The predicted molar refractivity (Wildman–Crippen MR) is 106 cm³/mol. The summed E-state index contributed by atoms with van der Waals surface area (Å²) in [5.41, 5.74) is -1.07. The molecule has 0 saturated carbocycles. The second-order valence-corrected chi connectivity index (χ2v) is 8.79. The minimum Gasteiger partial charge on any atom is -0.445 e. The third-order valence-electron chi connectivity index (χ3n) is 4.94. The van der Waals surface area contributed by atoms with Crippen molar-refractivity contribution in [3.8, 4) is 0 Å². The number of rotatable bonds is 4. The van der Waals surface area contributed by atoms with Crippen molar-refractivity contribution in [2.45, 2.75) is 38.6 Å². The van der Waals surface area contributed by atoms with Gasteiger partial charge in [0.05, 0.1) is 13.1 Å². The molecular weight excluding hydrogens is 377 g/mol. The summed E-state index contributed by atoms with van der Waals surface area (Å²) >= 11 is 0. The highest BCUT2D eigenvalue weighted by molar-refractivity contribution is 5.69. The maximum atomic E-state index is 14.9. The molecule has 160 valence electrons. The number of amides is 2. The number of likely N-dealkylation sites (tertiary alicyclic amines) is 1. The molecule has 0 radical (unpaired) electrons. The molecule has 2 fully saturated rings. The molecule has 1 aromatic rings. The van der Waals surface area contributed by atoms with E-state index in [-0.39, 0.29) is 32.3 Å². The summed E-state index contributed by atoms with van der Waals surface area (Å²) < 4.78 is 25.5. The first-order valence-corrected chi connectivity index (χ1v) is 9.98.